The number of carbonyl (C=O) groups is 1. The van der Waals surface area contributed by atoms with Crippen LogP contribution in [-0.2, 0) is 21.4 Å². The highest BCUT2D eigenvalue weighted by atomic mass is 32.2. The van der Waals surface area contributed by atoms with Crippen molar-refractivity contribution >= 4 is 33.0 Å². The van der Waals surface area contributed by atoms with Crippen molar-refractivity contribution in [1.82, 2.24) is 0 Å². The van der Waals surface area contributed by atoms with Crippen LogP contribution < -0.4 is 23.8 Å². The summed E-state index contributed by atoms with van der Waals surface area (Å²) in [6, 6.07) is 25.5. The van der Waals surface area contributed by atoms with E-state index in [0.29, 0.717) is 23.8 Å². The molecule has 1 amide bonds. The number of nitro groups is 1. The van der Waals surface area contributed by atoms with Crippen molar-refractivity contribution in [2.75, 3.05) is 30.4 Å². The number of anilines is 2. The quantitative estimate of drug-likeness (QED) is 0.183. The molecule has 0 unspecified atom stereocenters. The number of hydrogen-bond acceptors (Lipinski definition) is 8. The van der Waals surface area contributed by atoms with Gasteiger partial charge in [0, 0.05) is 17.8 Å². The molecule has 12 heteroatoms. The van der Waals surface area contributed by atoms with Gasteiger partial charge in [-0.3, -0.25) is 19.2 Å². The van der Waals surface area contributed by atoms with E-state index in [4.69, 9.17) is 14.2 Å². The van der Waals surface area contributed by atoms with Gasteiger partial charge in [-0.2, -0.15) is 0 Å². The maximum absolute atomic E-state index is 13.8. The molecule has 4 aromatic rings. The molecule has 4 aromatic carbocycles. The molecular formula is C29H27N3O8S. The molecule has 0 saturated carbocycles. The summed E-state index contributed by atoms with van der Waals surface area (Å²) in [7, 11) is -1.86. The lowest BCUT2D eigenvalue weighted by atomic mass is 10.2. The third kappa shape index (κ3) is 6.92. The van der Waals surface area contributed by atoms with Crippen molar-refractivity contribution < 1.29 is 32.3 Å². The Labute approximate surface area is 237 Å². The van der Waals surface area contributed by atoms with Crippen LogP contribution in [0.1, 0.15) is 5.56 Å². The standard InChI is InChI=1S/C29H27N3O8S/c1-38-24-16-17-25(27(18-24)39-2)31(41(36,37)28-11-7-6-10-26(28)32(34)35)19-29(33)30-22-12-14-23(15-13-22)40-20-21-8-4-3-5-9-21/h3-18H,19-20H2,1-2H3,(H,30,33). The third-order valence-corrected chi connectivity index (χ3v) is 7.77. The van der Waals surface area contributed by atoms with Crippen LogP contribution in [0.15, 0.2) is 102 Å². The molecule has 41 heavy (non-hydrogen) atoms. The number of carbonyl (C=O) groups excluding carboxylic acids is 1. The van der Waals surface area contributed by atoms with E-state index >= 15 is 0 Å². The molecule has 0 aromatic heterocycles. The fraction of sp³-hybridized carbons (Fsp3) is 0.138. The van der Waals surface area contributed by atoms with Crippen molar-refractivity contribution in [3.63, 3.8) is 0 Å². The lowest BCUT2D eigenvalue weighted by molar-refractivity contribution is -0.387. The first kappa shape index (κ1) is 28.9. The van der Waals surface area contributed by atoms with Crippen LogP contribution in [0.4, 0.5) is 17.1 Å². The minimum Gasteiger partial charge on any atom is -0.497 e. The van der Waals surface area contributed by atoms with E-state index in [1.54, 1.807) is 24.3 Å². The van der Waals surface area contributed by atoms with Gasteiger partial charge >= 0.3 is 0 Å². The third-order valence-electron chi connectivity index (χ3n) is 5.96. The van der Waals surface area contributed by atoms with Gasteiger partial charge in [0.05, 0.1) is 24.8 Å². The first-order valence-electron chi connectivity index (χ1n) is 12.3. The van der Waals surface area contributed by atoms with E-state index in [2.05, 4.69) is 5.32 Å². The Morgan fingerprint density at radius 2 is 1.54 bits per heavy atom. The van der Waals surface area contributed by atoms with Gasteiger partial charge in [-0.25, -0.2) is 8.42 Å². The molecule has 0 radical (unpaired) electrons. The van der Waals surface area contributed by atoms with E-state index in [9.17, 15) is 23.3 Å². The number of para-hydroxylation sites is 1. The van der Waals surface area contributed by atoms with Gasteiger partial charge in [0.15, 0.2) is 4.90 Å². The summed E-state index contributed by atoms with van der Waals surface area (Å²) >= 11 is 0. The summed E-state index contributed by atoms with van der Waals surface area (Å²) in [5, 5.41) is 14.3. The van der Waals surface area contributed by atoms with Crippen molar-refractivity contribution in [3.8, 4) is 17.2 Å². The van der Waals surface area contributed by atoms with Crippen molar-refractivity contribution in [1.29, 1.82) is 0 Å². The van der Waals surface area contributed by atoms with Crippen LogP contribution in [0.25, 0.3) is 0 Å². The maximum Gasteiger partial charge on any atom is 0.289 e. The van der Waals surface area contributed by atoms with Crippen molar-refractivity contribution in [3.05, 3.63) is 113 Å². The Balaban J connectivity index is 1.60. The van der Waals surface area contributed by atoms with Gasteiger partial charge in [-0.1, -0.05) is 42.5 Å². The molecule has 0 fully saturated rings. The van der Waals surface area contributed by atoms with Gasteiger partial charge < -0.3 is 19.5 Å². The zero-order chi connectivity index (χ0) is 29.4. The van der Waals surface area contributed by atoms with Crippen molar-refractivity contribution in [2.45, 2.75) is 11.5 Å². The molecule has 4 rings (SSSR count). The molecule has 0 aliphatic rings. The van der Waals surface area contributed by atoms with Crippen LogP contribution in [-0.4, -0.2) is 40.0 Å². The highest BCUT2D eigenvalue weighted by Gasteiger charge is 2.34. The molecule has 0 aliphatic heterocycles. The first-order valence-corrected chi connectivity index (χ1v) is 13.7. The molecule has 11 nitrogen and oxygen atoms in total. The fourth-order valence-corrected chi connectivity index (χ4v) is 5.53. The number of methoxy groups -OCH3 is 2. The second-order valence-corrected chi connectivity index (χ2v) is 10.5. The lowest BCUT2D eigenvalue weighted by Gasteiger charge is -2.25. The van der Waals surface area contributed by atoms with E-state index < -0.39 is 38.0 Å². The topological polar surface area (TPSA) is 137 Å². The predicted octanol–water partition coefficient (Wildman–Crippen LogP) is 5.03. The average molecular weight is 578 g/mol. The zero-order valence-corrected chi connectivity index (χ0v) is 23.0. The number of sulfonamides is 1. The lowest BCUT2D eigenvalue weighted by Crippen LogP contribution is -2.38. The molecule has 212 valence electrons. The smallest absolute Gasteiger partial charge is 0.289 e. The summed E-state index contributed by atoms with van der Waals surface area (Å²) in [5.74, 6) is 0.352. The number of benzene rings is 4. The molecule has 0 aliphatic carbocycles. The zero-order valence-electron chi connectivity index (χ0n) is 22.2. The van der Waals surface area contributed by atoms with E-state index in [-0.39, 0.29) is 11.4 Å². The Morgan fingerprint density at radius 3 is 2.20 bits per heavy atom. The highest BCUT2D eigenvalue weighted by molar-refractivity contribution is 7.93. The second-order valence-electron chi connectivity index (χ2n) is 8.62. The van der Waals surface area contributed by atoms with E-state index in [1.807, 2.05) is 30.3 Å². The van der Waals surface area contributed by atoms with Crippen LogP contribution in [0.5, 0.6) is 17.2 Å². The number of nitrogens with one attached hydrogen (secondary N) is 1. The van der Waals surface area contributed by atoms with E-state index in [1.165, 1.54) is 44.6 Å². The van der Waals surface area contributed by atoms with Gasteiger partial charge in [-0.05, 0) is 48.0 Å². The second kappa shape index (κ2) is 12.8. The minimum absolute atomic E-state index is 0.00809. The van der Waals surface area contributed by atoms with E-state index in [0.717, 1.165) is 22.0 Å². The summed E-state index contributed by atoms with van der Waals surface area (Å²) in [5.41, 5.74) is 0.758. The van der Waals surface area contributed by atoms with Crippen molar-refractivity contribution in [2.24, 2.45) is 0 Å². The first-order chi connectivity index (χ1) is 19.7. The number of hydrogen-bond donors (Lipinski definition) is 1. The molecular weight excluding hydrogens is 550 g/mol. The molecule has 0 saturated heterocycles. The maximum atomic E-state index is 13.8. The van der Waals surface area contributed by atoms with Gasteiger partial charge in [0.1, 0.15) is 30.4 Å². The highest BCUT2D eigenvalue weighted by Crippen LogP contribution is 2.37. The predicted molar refractivity (Wildman–Crippen MR) is 153 cm³/mol. The minimum atomic E-state index is -4.62. The Bertz CT molecular complexity index is 1630. The summed E-state index contributed by atoms with van der Waals surface area (Å²) in [4.78, 5) is 23.4. The van der Waals surface area contributed by atoms with Crippen LogP contribution in [0, 0.1) is 10.1 Å². The molecule has 0 spiro atoms. The molecule has 0 bridgehead atoms. The number of nitrogens with zero attached hydrogens (tertiary/aromatic N) is 2. The summed E-state index contributed by atoms with van der Waals surface area (Å²) in [6.07, 6.45) is 0. The van der Waals surface area contributed by atoms with Gasteiger partial charge in [0.25, 0.3) is 15.7 Å². The fourth-order valence-electron chi connectivity index (χ4n) is 3.94. The summed E-state index contributed by atoms with van der Waals surface area (Å²) < 4.78 is 44.8. The Morgan fingerprint density at radius 1 is 0.878 bits per heavy atom. The Hall–Kier alpha value is -5.10. The number of ether oxygens (including phenoxy) is 3. The largest absolute Gasteiger partial charge is 0.497 e. The van der Waals surface area contributed by atoms with Crippen LogP contribution >= 0.6 is 0 Å². The molecule has 0 atom stereocenters. The van der Waals surface area contributed by atoms with Gasteiger partial charge in [-0.15, -0.1) is 0 Å². The molecule has 1 N–H and O–H groups in total. The summed E-state index contributed by atoms with van der Waals surface area (Å²) in [6.45, 7) is -0.335. The number of amides is 1. The SMILES string of the molecule is COc1ccc(N(CC(=O)Nc2ccc(OCc3ccccc3)cc2)S(=O)(=O)c2ccccc2[N+](=O)[O-])c(OC)c1. The van der Waals surface area contributed by atoms with Gasteiger partial charge in [0.2, 0.25) is 5.91 Å². The van der Waals surface area contributed by atoms with Crippen LogP contribution in [0.2, 0.25) is 0 Å². The number of rotatable bonds is 12. The van der Waals surface area contributed by atoms with Crippen LogP contribution in [0.3, 0.4) is 0 Å². The normalized spacial score (nSPS) is 10.9. The average Bonchev–Trinajstić information content (AvgIpc) is 2.99. The Kier molecular flexibility index (Phi) is 9.05. The monoisotopic (exact) mass is 577 g/mol. The number of nitro benzene ring substituents is 1. The molecule has 0 heterocycles.